The zero-order valence-electron chi connectivity index (χ0n) is 14.6. The molecule has 0 unspecified atom stereocenters. The lowest BCUT2D eigenvalue weighted by molar-refractivity contribution is -0.116. The van der Waals surface area contributed by atoms with Gasteiger partial charge in [0.1, 0.15) is 0 Å². The lowest BCUT2D eigenvalue weighted by Crippen LogP contribution is -2.34. The van der Waals surface area contributed by atoms with Gasteiger partial charge >= 0.3 is 0 Å². The zero-order valence-corrected chi connectivity index (χ0v) is 17.0. The van der Waals surface area contributed by atoms with E-state index < -0.39 is 15.9 Å². The molecule has 1 amide bonds. The summed E-state index contributed by atoms with van der Waals surface area (Å²) in [5, 5.41) is 11.9. The van der Waals surface area contributed by atoms with Crippen LogP contribution in [0.2, 0.25) is 0 Å². The number of likely N-dealkylation sites (N-methyl/N-ethyl adjacent to an activating group) is 1. The van der Waals surface area contributed by atoms with Gasteiger partial charge in [0.25, 0.3) is 0 Å². The van der Waals surface area contributed by atoms with E-state index in [0.29, 0.717) is 5.69 Å². The Morgan fingerprint density at radius 3 is 2.30 bits per heavy atom. The quantitative estimate of drug-likeness (QED) is 0.735. The molecular formula is C19H18BrN3O3S. The van der Waals surface area contributed by atoms with E-state index in [-0.39, 0.29) is 16.9 Å². The van der Waals surface area contributed by atoms with Gasteiger partial charge in [-0.2, -0.15) is 9.57 Å². The molecule has 1 saturated carbocycles. The Kier molecular flexibility index (Phi) is 5.38. The van der Waals surface area contributed by atoms with Crippen LogP contribution in [0.25, 0.3) is 0 Å². The van der Waals surface area contributed by atoms with Crippen molar-refractivity contribution in [2.24, 2.45) is 0 Å². The zero-order chi connectivity index (χ0) is 19.7. The summed E-state index contributed by atoms with van der Waals surface area (Å²) < 4.78 is 26.8. The van der Waals surface area contributed by atoms with Crippen LogP contribution in [0.4, 0.5) is 5.69 Å². The van der Waals surface area contributed by atoms with Gasteiger partial charge in [-0.25, -0.2) is 8.42 Å². The highest BCUT2D eigenvalue weighted by atomic mass is 79.9. The minimum Gasteiger partial charge on any atom is -0.325 e. The number of anilines is 1. The lowest BCUT2D eigenvalue weighted by atomic mass is 9.98. The smallest absolute Gasteiger partial charge is 0.243 e. The molecule has 140 valence electrons. The number of rotatable bonds is 6. The number of carbonyl (C=O) groups is 1. The van der Waals surface area contributed by atoms with Crippen molar-refractivity contribution in [1.82, 2.24) is 4.31 Å². The van der Waals surface area contributed by atoms with Crippen molar-refractivity contribution < 1.29 is 13.2 Å². The van der Waals surface area contributed by atoms with Crippen LogP contribution in [0.5, 0.6) is 0 Å². The van der Waals surface area contributed by atoms with Crippen molar-refractivity contribution in [1.29, 1.82) is 5.26 Å². The first-order chi connectivity index (χ1) is 12.8. The summed E-state index contributed by atoms with van der Waals surface area (Å²) in [5.74, 6) is -0.438. The molecule has 8 heteroatoms. The summed E-state index contributed by atoms with van der Waals surface area (Å²) in [6.07, 6.45) is 1.71. The van der Waals surface area contributed by atoms with Crippen molar-refractivity contribution in [3.05, 3.63) is 58.6 Å². The predicted molar refractivity (Wildman–Crippen MR) is 106 cm³/mol. The minimum absolute atomic E-state index is 0.122. The Hall–Kier alpha value is -2.21. The first-order valence-electron chi connectivity index (χ1n) is 8.30. The topological polar surface area (TPSA) is 90.3 Å². The van der Waals surface area contributed by atoms with Gasteiger partial charge in [0.15, 0.2) is 0 Å². The fourth-order valence-electron chi connectivity index (χ4n) is 2.74. The molecule has 27 heavy (non-hydrogen) atoms. The molecule has 0 spiro atoms. The Bertz CT molecular complexity index is 992. The second kappa shape index (κ2) is 7.43. The van der Waals surface area contributed by atoms with Crippen LogP contribution < -0.4 is 5.32 Å². The van der Waals surface area contributed by atoms with Crippen LogP contribution >= 0.6 is 15.9 Å². The average Bonchev–Trinajstić information content (AvgIpc) is 3.44. The molecule has 1 fully saturated rings. The number of halogens is 1. The Balaban J connectivity index is 1.63. The van der Waals surface area contributed by atoms with Crippen molar-refractivity contribution in [2.75, 3.05) is 18.9 Å². The largest absolute Gasteiger partial charge is 0.325 e. The minimum atomic E-state index is -3.75. The fourth-order valence-corrected chi connectivity index (χ4v) is 4.13. The van der Waals surface area contributed by atoms with Crippen LogP contribution in [0, 0.1) is 11.3 Å². The second-order valence-corrected chi connectivity index (χ2v) is 9.49. The van der Waals surface area contributed by atoms with Crippen molar-refractivity contribution in [2.45, 2.75) is 23.2 Å². The van der Waals surface area contributed by atoms with Gasteiger partial charge in [-0.15, -0.1) is 0 Å². The first-order valence-corrected chi connectivity index (χ1v) is 10.5. The average molecular weight is 448 g/mol. The lowest BCUT2D eigenvalue weighted by Gasteiger charge is -2.17. The highest BCUT2D eigenvalue weighted by molar-refractivity contribution is 9.10. The standard InChI is InChI=1S/C19H18BrN3O3S/c1-23(27(25,26)17-8-4-15(20)5-9-17)12-18(24)22-16-6-2-14(3-7-16)19(13-21)10-11-19/h2-9H,10-12H2,1H3,(H,22,24). The normalized spacial score (nSPS) is 15.2. The van der Waals surface area contributed by atoms with Gasteiger partial charge in [-0.3, -0.25) is 4.79 Å². The molecule has 0 heterocycles. The number of hydrogen-bond acceptors (Lipinski definition) is 4. The number of nitrogens with zero attached hydrogens (tertiary/aromatic N) is 2. The molecule has 1 aliphatic carbocycles. The molecule has 0 aromatic heterocycles. The monoisotopic (exact) mass is 447 g/mol. The summed E-state index contributed by atoms with van der Waals surface area (Å²) in [5.41, 5.74) is 1.13. The van der Waals surface area contributed by atoms with E-state index >= 15 is 0 Å². The van der Waals surface area contributed by atoms with Crippen LogP contribution in [-0.2, 0) is 20.2 Å². The molecule has 0 radical (unpaired) electrons. The van der Waals surface area contributed by atoms with Crippen LogP contribution in [0.15, 0.2) is 57.9 Å². The Labute approximate surface area is 167 Å². The maximum Gasteiger partial charge on any atom is 0.243 e. The van der Waals surface area contributed by atoms with Crippen LogP contribution in [0.1, 0.15) is 18.4 Å². The molecule has 0 bridgehead atoms. The third-order valence-corrected chi connectivity index (χ3v) is 6.92. The van der Waals surface area contributed by atoms with E-state index in [1.54, 1.807) is 24.3 Å². The molecule has 0 atom stereocenters. The number of sulfonamides is 1. The molecular weight excluding hydrogens is 430 g/mol. The van der Waals surface area contributed by atoms with E-state index in [1.807, 2.05) is 12.1 Å². The van der Waals surface area contributed by atoms with E-state index in [2.05, 4.69) is 27.3 Å². The van der Waals surface area contributed by atoms with Crippen molar-refractivity contribution >= 4 is 37.5 Å². The molecule has 2 aromatic carbocycles. The number of nitriles is 1. The Morgan fingerprint density at radius 1 is 1.19 bits per heavy atom. The van der Waals surface area contributed by atoms with E-state index in [4.69, 9.17) is 0 Å². The number of amides is 1. The maximum absolute atomic E-state index is 12.5. The van der Waals surface area contributed by atoms with E-state index in [9.17, 15) is 18.5 Å². The first kappa shape index (κ1) is 19.5. The number of carbonyl (C=O) groups excluding carboxylic acids is 1. The SMILES string of the molecule is CN(CC(=O)Nc1ccc(C2(C#N)CC2)cc1)S(=O)(=O)c1ccc(Br)cc1. The van der Waals surface area contributed by atoms with Gasteiger partial charge in [-0.05, 0) is 54.8 Å². The molecule has 1 aliphatic rings. The Morgan fingerprint density at radius 2 is 1.78 bits per heavy atom. The third-order valence-electron chi connectivity index (χ3n) is 4.57. The molecule has 0 saturated heterocycles. The van der Waals surface area contributed by atoms with Gasteiger partial charge in [-0.1, -0.05) is 28.1 Å². The van der Waals surface area contributed by atoms with Gasteiger partial charge in [0.2, 0.25) is 15.9 Å². The maximum atomic E-state index is 12.5. The van der Waals surface area contributed by atoms with Crippen LogP contribution in [-0.4, -0.2) is 32.2 Å². The van der Waals surface area contributed by atoms with E-state index in [1.165, 1.54) is 19.2 Å². The molecule has 1 N–H and O–H groups in total. The number of nitrogens with one attached hydrogen (secondary N) is 1. The molecule has 2 aromatic rings. The van der Waals surface area contributed by atoms with Crippen molar-refractivity contribution in [3.63, 3.8) is 0 Å². The molecule has 3 rings (SSSR count). The number of benzene rings is 2. The summed E-state index contributed by atoms with van der Waals surface area (Å²) in [4.78, 5) is 12.4. The van der Waals surface area contributed by atoms with Gasteiger partial charge in [0, 0.05) is 17.2 Å². The summed E-state index contributed by atoms with van der Waals surface area (Å²) in [7, 11) is -2.38. The van der Waals surface area contributed by atoms with Crippen LogP contribution in [0.3, 0.4) is 0 Å². The number of hydrogen-bond donors (Lipinski definition) is 1. The molecule has 0 aliphatic heterocycles. The fraction of sp³-hybridized carbons (Fsp3) is 0.263. The highest BCUT2D eigenvalue weighted by Gasteiger charge is 2.44. The summed E-state index contributed by atoms with van der Waals surface area (Å²) >= 11 is 3.26. The summed E-state index contributed by atoms with van der Waals surface area (Å²) in [6, 6.07) is 15.7. The highest BCUT2D eigenvalue weighted by Crippen LogP contribution is 2.47. The van der Waals surface area contributed by atoms with Gasteiger partial charge in [0.05, 0.1) is 22.9 Å². The van der Waals surface area contributed by atoms with E-state index in [0.717, 1.165) is 27.2 Å². The summed E-state index contributed by atoms with van der Waals surface area (Å²) in [6.45, 7) is -0.303. The third kappa shape index (κ3) is 4.21. The second-order valence-electron chi connectivity index (χ2n) is 6.53. The predicted octanol–water partition coefficient (Wildman–Crippen LogP) is 3.26. The molecule has 6 nitrogen and oxygen atoms in total. The van der Waals surface area contributed by atoms with Crippen molar-refractivity contribution in [3.8, 4) is 6.07 Å². The van der Waals surface area contributed by atoms with Gasteiger partial charge < -0.3 is 5.32 Å².